The Hall–Kier alpha value is 0. The Morgan fingerprint density at radius 1 is 1.18 bits per heavy atom. The fourth-order valence-electron chi connectivity index (χ4n) is 3.77. The Balaban J connectivity index is 1.98. The van der Waals surface area contributed by atoms with Crippen LogP contribution in [0.25, 0.3) is 0 Å². The summed E-state index contributed by atoms with van der Waals surface area (Å²) in [7, 11) is 0. The summed E-state index contributed by atoms with van der Waals surface area (Å²) in [6, 6.07) is 0. The van der Waals surface area contributed by atoms with E-state index in [-0.39, 0.29) is 0 Å². The number of hydrogen-bond donors (Lipinski definition) is 0. The lowest BCUT2D eigenvalue weighted by atomic mass is 9.69. The van der Waals surface area contributed by atoms with Crippen molar-refractivity contribution in [3.63, 3.8) is 0 Å². The monoisotopic (exact) mass is 152 g/mol. The maximum Gasteiger partial charge on any atom is -0.0316 e. The minimum absolute atomic E-state index is 0.933. The van der Waals surface area contributed by atoms with Crippen molar-refractivity contribution >= 4 is 0 Å². The summed E-state index contributed by atoms with van der Waals surface area (Å²) in [4.78, 5) is 0. The van der Waals surface area contributed by atoms with E-state index in [1.54, 1.807) is 0 Å². The molecule has 11 heavy (non-hydrogen) atoms. The molecule has 0 amide bonds. The van der Waals surface area contributed by atoms with Gasteiger partial charge in [-0.1, -0.05) is 34.1 Å². The third kappa shape index (κ3) is 0.816. The van der Waals surface area contributed by atoms with Crippen LogP contribution in [0.1, 0.15) is 34.1 Å². The normalized spacial score (nSPS) is 53.7. The van der Waals surface area contributed by atoms with Crippen molar-refractivity contribution in [1.29, 1.82) is 0 Å². The SMILES string of the molecule is CCC1C2C(C)C(C(C)C)C12. The molecule has 5 atom stereocenters. The minimum atomic E-state index is 0.933. The molecule has 0 N–H and O–H groups in total. The Labute approximate surface area is 70.4 Å². The lowest BCUT2D eigenvalue weighted by molar-refractivity contribution is 0.119. The molecule has 2 fully saturated rings. The van der Waals surface area contributed by atoms with Crippen molar-refractivity contribution in [3.05, 3.63) is 0 Å². The first-order valence-corrected chi connectivity index (χ1v) is 5.18. The van der Waals surface area contributed by atoms with E-state index < -0.39 is 0 Å². The highest BCUT2D eigenvalue weighted by molar-refractivity contribution is 5.13. The van der Waals surface area contributed by atoms with Crippen LogP contribution in [0.4, 0.5) is 0 Å². The predicted octanol–water partition coefficient (Wildman–Crippen LogP) is 3.18. The van der Waals surface area contributed by atoms with Gasteiger partial charge in [-0.25, -0.2) is 0 Å². The number of hydrogen-bond acceptors (Lipinski definition) is 0. The summed E-state index contributed by atoms with van der Waals surface area (Å²) >= 11 is 0. The first kappa shape index (κ1) is 7.64. The van der Waals surface area contributed by atoms with E-state index in [9.17, 15) is 0 Å². The zero-order chi connectivity index (χ0) is 8.17. The third-order valence-electron chi connectivity index (χ3n) is 4.19. The summed E-state index contributed by atoms with van der Waals surface area (Å²) in [5.41, 5.74) is 0. The van der Waals surface area contributed by atoms with Crippen LogP contribution in [-0.2, 0) is 0 Å². The summed E-state index contributed by atoms with van der Waals surface area (Å²) in [5.74, 6) is 6.47. The molecule has 0 saturated heterocycles. The van der Waals surface area contributed by atoms with Gasteiger partial charge < -0.3 is 0 Å². The fourth-order valence-corrected chi connectivity index (χ4v) is 3.77. The van der Waals surface area contributed by atoms with Crippen LogP contribution in [0, 0.1) is 35.5 Å². The smallest absolute Gasteiger partial charge is 0.0316 e. The van der Waals surface area contributed by atoms with Gasteiger partial charge in [0.15, 0.2) is 0 Å². The largest absolute Gasteiger partial charge is 0.0651 e. The molecule has 0 heterocycles. The van der Waals surface area contributed by atoms with Gasteiger partial charge in [0.05, 0.1) is 0 Å². The van der Waals surface area contributed by atoms with Gasteiger partial charge in [-0.3, -0.25) is 0 Å². The zero-order valence-electron chi connectivity index (χ0n) is 8.17. The van der Waals surface area contributed by atoms with Crippen molar-refractivity contribution < 1.29 is 0 Å². The van der Waals surface area contributed by atoms with Crippen LogP contribution in [0.5, 0.6) is 0 Å². The molecule has 2 rings (SSSR count). The third-order valence-corrected chi connectivity index (χ3v) is 4.19. The predicted molar refractivity (Wildman–Crippen MR) is 48.3 cm³/mol. The van der Waals surface area contributed by atoms with Gasteiger partial charge >= 0.3 is 0 Å². The molecule has 2 aliphatic rings. The molecule has 5 unspecified atom stereocenters. The highest BCUT2D eigenvalue weighted by Crippen LogP contribution is 2.70. The molecule has 64 valence electrons. The molecule has 0 radical (unpaired) electrons. The zero-order valence-corrected chi connectivity index (χ0v) is 8.17. The van der Waals surface area contributed by atoms with Gasteiger partial charge in [-0.2, -0.15) is 0 Å². The molecule has 0 bridgehead atoms. The van der Waals surface area contributed by atoms with E-state index in [0.717, 1.165) is 35.5 Å². The van der Waals surface area contributed by atoms with Gasteiger partial charge in [-0.05, 0) is 35.5 Å². The van der Waals surface area contributed by atoms with Gasteiger partial charge in [0.2, 0.25) is 0 Å². The van der Waals surface area contributed by atoms with Crippen LogP contribution in [-0.4, -0.2) is 0 Å². The van der Waals surface area contributed by atoms with E-state index in [1.165, 1.54) is 6.42 Å². The standard InChI is InChI=1S/C11H20/c1-5-8-10-7(4)9(6(2)3)11(8)10/h6-11H,5H2,1-4H3. The molecule has 0 aromatic carbocycles. The average molecular weight is 152 g/mol. The molecule has 0 heteroatoms. The topological polar surface area (TPSA) is 0 Å². The summed E-state index contributed by atoms with van der Waals surface area (Å²) in [6.07, 6.45) is 1.43. The molecular formula is C11H20. The highest BCUT2D eigenvalue weighted by atomic mass is 14.7. The Kier molecular flexibility index (Phi) is 1.56. The van der Waals surface area contributed by atoms with Crippen molar-refractivity contribution in [2.24, 2.45) is 35.5 Å². The van der Waals surface area contributed by atoms with Crippen LogP contribution in [0.2, 0.25) is 0 Å². The van der Waals surface area contributed by atoms with Crippen molar-refractivity contribution in [1.82, 2.24) is 0 Å². The van der Waals surface area contributed by atoms with E-state index >= 15 is 0 Å². The van der Waals surface area contributed by atoms with E-state index in [4.69, 9.17) is 0 Å². The lowest BCUT2D eigenvalue weighted by Crippen LogP contribution is -2.31. The lowest BCUT2D eigenvalue weighted by Gasteiger charge is -2.36. The van der Waals surface area contributed by atoms with Crippen LogP contribution < -0.4 is 0 Å². The van der Waals surface area contributed by atoms with Gasteiger partial charge in [0.25, 0.3) is 0 Å². The van der Waals surface area contributed by atoms with Crippen molar-refractivity contribution in [3.8, 4) is 0 Å². The molecule has 0 aromatic rings. The summed E-state index contributed by atoms with van der Waals surface area (Å²) < 4.78 is 0. The van der Waals surface area contributed by atoms with Gasteiger partial charge in [0, 0.05) is 0 Å². The first-order valence-electron chi connectivity index (χ1n) is 5.18. The summed E-state index contributed by atoms with van der Waals surface area (Å²) in [6.45, 7) is 9.60. The molecule has 0 spiro atoms. The van der Waals surface area contributed by atoms with Crippen LogP contribution in [0.3, 0.4) is 0 Å². The van der Waals surface area contributed by atoms with Crippen molar-refractivity contribution in [2.45, 2.75) is 34.1 Å². The molecule has 2 aliphatic carbocycles. The van der Waals surface area contributed by atoms with Crippen LogP contribution >= 0.6 is 0 Å². The fraction of sp³-hybridized carbons (Fsp3) is 1.00. The quantitative estimate of drug-likeness (QED) is 0.570. The molecule has 0 aliphatic heterocycles. The second-order valence-electron chi connectivity index (χ2n) is 4.91. The molecule has 0 nitrogen and oxygen atoms in total. The number of fused-ring (bicyclic) bond motifs is 1. The Morgan fingerprint density at radius 2 is 1.82 bits per heavy atom. The average Bonchev–Trinajstić information content (AvgIpc) is 2.56. The maximum absolute atomic E-state index is 2.46. The summed E-state index contributed by atoms with van der Waals surface area (Å²) in [5, 5.41) is 0. The second kappa shape index (κ2) is 2.24. The van der Waals surface area contributed by atoms with Crippen LogP contribution in [0.15, 0.2) is 0 Å². The maximum atomic E-state index is 2.46. The highest BCUT2D eigenvalue weighted by Gasteiger charge is 2.66. The molecular weight excluding hydrogens is 132 g/mol. The minimum Gasteiger partial charge on any atom is -0.0651 e. The van der Waals surface area contributed by atoms with Crippen molar-refractivity contribution in [2.75, 3.05) is 0 Å². The van der Waals surface area contributed by atoms with E-state index in [2.05, 4.69) is 27.7 Å². The van der Waals surface area contributed by atoms with E-state index in [1.807, 2.05) is 0 Å². The van der Waals surface area contributed by atoms with Gasteiger partial charge in [-0.15, -0.1) is 0 Å². The Bertz CT molecular complexity index is 155. The van der Waals surface area contributed by atoms with E-state index in [0.29, 0.717) is 0 Å². The van der Waals surface area contributed by atoms with Gasteiger partial charge in [0.1, 0.15) is 0 Å². The number of rotatable bonds is 2. The Morgan fingerprint density at radius 3 is 2.09 bits per heavy atom. The molecule has 2 saturated carbocycles. The molecule has 0 aromatic heterocycles. The first-order chi connectivity index (χ1) is 5.18. The second-order valence-corrected chi connectivity index (χ2v) is 4.91.